The van der Waals surface area contributed by atoms with Crippen molar-refractivity contribution in [2.45, 2.75) is 58.2 Å². The molecular formula is C21H32ClN5. The van der Waals surface area contributed by atoms with Gasteiger partial charge in [0.05, 0.1) is 11.7 Å². The first-order chi connectivity index (χ1) is 12.8. The number of aromatic nitrogens is 3. The predicted octanol–water partition coefficient (Wildman–Crippen LogP) is 4.01. The highest BCUT2D eigenvalue weighted by Crippen LogP contribution is 2.36. The molecule has 1 fully saturated rings. The molecule has 0 spiro atoms. The zero-order valence-electron chi connectivity index (χ0n) is 16.5. The van der Waals surface area contributed by atoms with Crippen molar-refractivity contribution >= 4 is 12.4 Å². The van der Waals surface area contributed by atoms with Crippen molar-refractivity contribution < 1.29 is 0 Å². The second kappa shape index (κ2) is 9.18. The van der Waals surface area contributed by atoms with E-state index in [1.807, 2.05) is 0 Å². The fourth-order valence-corrected chi connectivity index (χ4v) is 4.60. The Kier molecular flexibility index (Phi) is 6.90. The Labute approximate surface area is 169 Å². The van der Waals surface area contributed by atoms with Gasteiger partial charge in [-0.2, -0.15) is 0 Å². The van der Waals surface area contributed by atoms with Gasteiger partial charge in [0.15, 0.2) is 0 Å². The third kappa shape index (κ3) is 4.05. The van der Waals surface area contributed by atoms with Crippen molar-refractivity contribution in [3.05, 3.63) is 36.0 Å². The second-order valence-corrected chi connectivity index (χ2v) is 7.77. The van der Waals surface area contributed by atoms with Gasteiger partial charge in [0.25, 0.3) is 0 Å². The van der Waals surface area contributed by atoms with E-state index in [-0.39, 0.29) is 12.4 Å². The molecule has 5 nitrogen and oxygen atoms in total. The highest BCUT2D eigenvalue weighted by molar-refractivity contribution is 5.85. The summed E-state index contributed by atoms with van der Waals surface area (Å²) < 4.78 is 2.25. The summed E-state index contributed by atoms with van der Waals surface area (Å²) in [6.07, 6.45) is 5.12. The van der Waals surface area contributed by atoms with E-state index >= 15 is 0 Å². The Hall–Kier alpha value is -1.43. The Bertz CT molecular complexity index is 717. The molecule has 2 aromatic rings. The minimum absolute atomic E-state index is 0. The number of nitrogens with zero attached hydrogens (tertiary/aromatic N) is 5. The van der Waals surface area contributed by atoms with Crippen LogP contribution in [0.15, 0.2) is 30.3 Å². The standard InChI is InChI=1S/C21H31N5.ClH/c1-3-5-9-13-24-14-18-19(15-24)26-20(16-25(18)12-4-2)21(22-23-26)17-10-7-6-8-11-17;/h6-8,10-11,18-19H,3-5,9,12-16H2,1-2H3;1H/t18-,19-;/m1./s1. The molecule has 1 saturated heterocycles. The van der Waals surface area contributed by atoms with Gasteiger partial charge in [-0.1, -0.05) is 62.2 Å². The van der Waals surface area contributed by atoms with Crippen LogP contribution in [0.25, 0.3) is 11.3 Å². The molecule has 148 valence electrons. The summed E-state index contributed by atoms with van der Waals surface area (Å²) >= 11 is 0. The van der Waals surface area contributed by atoms with Crippen molar-refractivity contribution in [2.24, 2.45) is 0 Å². The van der Waals surface area contributed by atoms with E-state index in [0.29, 0.717) is 12.1 Å². The topological polar surface area (TPSA) is 37.2 Å². The summed E-state index contributed by atoms with van der Waals surface area (Å²) in [6, 6.07) is 11.5. The third-order valence-electron chi connectivity index (χ3n) is 5.90. The summed E-state index contributed by atoms with van der Waals surface area (Å²) in [5.74, 6) is 0. The summed E-state index contributed by atoms with van der Waals surface area (Å²) in [5, 5.41) is 9.21. The van der Waals surface area contributed by atoms with Gasteiger partial charge in [0, 0.05) is 31.2 Å². The third-order valence-corrected chi connectivity index (χ3v) is 5.90. The van der Waals surface area contributed by atoms with Crippen LogP contribution in [0.4, 0.5) is 0 Å². The molecule has 0 N–H and O–H groups in total. The Morgan fingerprint density at radius 1 is 0.963 bits per heavy atom. The Morgan fingerprint density at radius 2 is 1.74 bits per heavy atom. The van der Waals surface area contributed by atoms with E-state index in [0.717, 1.165) is 25.3 Å². The quantitative estimate of drug-likeness (QED) is 0.670. The first-order valence-corrected chi connectivity index (χ1v) is 10.3. The highest BCUT2D eigenvalue weighted by atomic mass is 35.5. The lowest BCUT2D eigenvalue weighted by molar-refractivity contribution is 0.122. The van der Waals surface area contributed by atoms with E-state index in [4.69, 9.17) is 0 Å². The maximum Gasteiger partial charge on any atom is 0.117 e. The van der Waals surface area contributed by atoms with Crippen LogP contribution >= 0.6 is 12.4 Å². The molecule has 3 heterocycles. The van der Waals surface area contributed by atoms with Crippen molar-refractivity contribution in [3.63, 3.8) is 0 Å². The van der Waals surface area contributed by atoms with Crippen LogP contribution in [0, 0.1) is 0 Å². The van der Waals surface area contributed by atoms with Gasteiger partial charge in [0.1, 0.15) is 5.69 Å². The maximum absolute atomic E-state index is 4.61. The lowest BCUT2D eigenvalue weighted by atomic mass is 10.0. The van der Waals surface area contributed by atoms with E-state index in [2.05, 4.69) is 69.0 Å². The van der Waals surface area contributed by atoms with Gasteiger partial charge in [0.2, 0.25) is 0 Å². The minimum atomic E-state index is 0. The predicted molar refractivity (Wildman–Crippen MR) is 112 cm³/mol. The molecule has 2 aliphatic heterocycles. The number of benzene rings is 1. The molecule has 2 atom stereocenters. The first kappa shape index (κ1) is 20.3. The summed E-state index contributed by atoms with van der Waals surface area (Å²) in [7, 11) is 0. The van der Waals surface area contributed by atoms with Crippen LogP contribution in [0.2, 0.25) is 0 Å². The van der Waals surface area contributed by atoms with Crippen LogP contribution in [0.1, 0.15) is 51.3 Å². The van der Waals surface area contributed by atoms with Crippen LogP contribution in [0.5, 0.6) is 0 Å². The molecule has 6 heteroatoms. The summed E-state index contributed by atoms with van der Waals surface area (Å²) in [4.78, 5) is 5.32. The van der Waals surface area contributed by atoms with Crippen LogP contribution in [-0.2, 0) is 6.54 Å². The SMILES string of the molecule is CCCCCN1C[C@@H]2[C@@H](C1)n1nnc(-c3ccccc3)c1CN2CCC.Cl. The van der Waals surface area contributed by atoms with Gasteiger partial charge in [-0.15, -0.1) is 17.5 Å². The maximum atomic E-state index is 4.61. The second-order valence-electron chi connectivity index (χ2n) is 7.77. The van der Waals surface area contributed by atoms with Crippen molar-refractivity contribution in [1.29, 1.82) is 0 Å². The molecule has 4 rings (SSSR count). The Morgan fingerprint density at radius 3 is 2.48 bits per heavy atom. The minimum Gasteiger partial charge on any atom is -0.300 e. The average Bonchev–Trinajstić information content (AvgIpc) is 3.27. The Balaban J connectivity index is 0.00000210. The van der Waals surface area contributed by atoms with E-state index in [1.54, 1.807) is 0 Å². The zero-order chi connectivity index (χ0) is 17.9. The molecule has 0 radical (unpaired) electrons. The van der Waals surface area contributed by atoms with Gasteiger partial charge in [-0.3, -0.25) is 9.80 Å². The van der Waals surface area contributed by atoms with E-state index in [1.165, 1.54) is 50.0 Å². The van der Waals surface area contributed by atoms with Crippen LogP contribution in [-0.4, -0.2) is 57.0 Å². The lowest BCUT2D eigenvalue weighted by Crippen LogP contribution is -2.46. The molecule has 0 amide bonds. The van der Waals surface area contributed by atoms with Crippen LogP contribution in [0.3, 0.4) is 0 Å². The average molecular weight is 390 g/mol. The molecule has 0 unspecified atom stereocenters. The molecule has 0 aliphatic carbocycles. The fourth-order valence-electron chi connectivity index (χ4n) is 4.60. The summed E-state index contributed by atoms with van der Waals surface area (Å²) in [6.45, 7) is 10.2. The van der Waals surface area contributed by atoms with Gasteiger partial charge >= 0.3 is 0 Å². The number of fused-ring (bicyclic) bond motifs is 3. The summed E-state index contributed by atoms with van der Waals surface area (Å²) in [5.41, 5.74) is 3.54. The van der Waals surface area contributed by atoms with Gasteiger partial charge < -0.3 is 0 Å². The van der Waals surface area contributed by atoms with E-state index in [9.17, 15) is 0 Å². The number of likely N-dealkylation sites (tertiary alicyclic amines) is 1. The van der Waals surface area contributed by atoms with Crippen molar-refractivity contribution in [1.82, 2.24) is 24.8 Å². The number of hydrogen-bond donors (Lipinski definition) is 0. The largest absolute Gasteiger partial charge is 0.300 e. The first-order valence-electron chi connectivity index (χ1n) is 10.3. The molecule has 1 aromatic carbocycles. The van der Waals surface area contributed by atoms with Gasteiger partial charge in [-0.05, 0) is 25.9 Å². The number of halogens is 1. The lowest BCUT2D eigenvalue weighted by Gasteiger charge is -2.37. The molecule has 0 saturated carbocycles. The molecule has 2 aliphatic rings. The van der Waals surface area contributed by atoms with Crippen molar-refractivity contribution in [2.75, 3.05) is 26.2 Å². The zero-order valence-corrected chi connectivity index (χ0v) is 17.4. The fraction of sp³-hybridized carbons (Fsp3) is 0.619. The molecular weight excluding hydrogens is 358 g/mol. The normalized spacial score (nSPS) is 22.3. The van der Waals surface area contributed by atoms with Crippen LogP contribution < -0.4 is 0 Å². The number of unbranched alkanes of at least 4 members (excludes halogenated alkanes) is 2. The highest BCUT2D eigenvalue weighted by Gasteiger charge is 2.43. The monoisotopic (exact) mass is 389 g/mol. The number of hydrogen-bond acceptors (Lipinski definition) is 4. The van der Waals surface area contributed by atoms with Crippen molar-refractivity contribution in [3.8, 4) is 11.3 Å². The molecule has 27 heavy (non-hydrogen) atoms. The van der Waals surface area contributed by atoms with E-state index < -0.39 is 0 Å². The molecule has 1 aromatic heterocycles. The smallest absolute Gasteiger partial charge is 0.117 e. The van der Waals surface area contributed by atoms with Gasteiger partial charge in [-0.25, -0.2) is 4.68 Å². The molecule has 0 bridgehead atoms. The number of rotatable bonds is 7.